The number of halogens is 2. The Morgan fingerprint density at radius 2 is 2.09 bits per heavy atom. The molecule has 182 valence electrons. The molecule has 1 saturated heterocycles. The lowest BCUT2D eigenvalue weighted by Gasteiger charge is -2.26. The van der Waals surface area contributed by atoms with Gasteiger partial charge in [-0.25, -0.2) is 14.4 Å². The van der Waals surface area contributed by atoms with E-state index < -0.39 is 5.82 Å². The van der Waals surface area contributed by atoms with Gasteiger partial charge >= 0.3 is 0 Å². The van der Waals surface area contributed by atoms with E-state index in [1.807, 2.05) is 12.1 Å². The van der Waals surface area contributed by atoms with Crippen LogP contribution in [0.3, 0.4) is 0 Å². The van der Waals surface area contributed by atoms with Crippen molar-refractivity contribution < 1.29 is 18.7 Å². The molecule has 0 bridgehead atoms. The lowest BCUT2D eigenvalue weighted by atomic mass is 10.1. The van der Waals surface area contributed by atoms with E-state index in [0.29, 0.717) is 40.3 Å². The van der Waals surface area contributed by atoms with Gasteiger partial charge in [0.1, 0.15) is 23.7 Å². The number of hydrogen-bond acceptors (Lipinski definition) is 7. The zero-order chi connectivity index (χ0) is 24.6. The van der Waals surface area contributed by atoms with Crippen LogP contribution in [0.25, 0.3) is 17.0 Å². The molecule has 0 spiro atoms. The second kappa shape index (κ2) is 11.9. The Hall–Kier alpha value is -3.33. The summed E-state index contributed by atoms with van der Waals surface area (Å²) in [7, 11) is 0. The number of anilines is 2. The zero-order valence-corrected chi connectivity index (χ0v) is 19.9. The van der Waals surface area contributed by atoms with E-state index in [-0.39, 0.29) is 10.8 Å². The number of benzene rings is 2. The third-order valence-electron chi connectivity index (χ3n) is 5.56. The van der Waals surface area contributed by atoms with Crippen molar-refractivity contribution in [3.63, 3.8) is 0 Å². The second-order valence-corrected chi connectivity index (χ2v) is 8.39. The molecule has 3 aromatic rings. The number of aromatic nitrogens is 2. The van der Waals surface area contributed by atoms with E-state index in [1.54, 1.807) is 12.1 Å². The summed E-state index contributed by atoms with van der Waals surface area (Å²) in [6, 6.07) is 8.02. The fourth-order valence-corrected chi connectivity index (χ4v) is 3.88. The minimum Gasteiger partial charge on any atom is -0.493 e. The van der Waals surface area contributed by atoms with Crippen molar-refractivity contribution in [1.29, 1.82) is 0 Å². The third kappa shape index (κ3) is 6.63. The van der Waals surface area contributed by atoms with Crippen LogP contribution in [0.4, 0.5) is 15.9 Å². The van der Waals surface area contributed by atoms with Crippen LogP contribution in [0.1, 0.15) is 12.0 Å². The first-order valence-corrected chi connectivity index (χ1v) is 11.7. The number of ketones is 1. The van der Waals surface area contributed by atoms with Gasteiger partial charge in [-0.05, 0) is 48.9 Å². The molecular weight excluding hydrogens is 471 g/mol. The number of nitrogens with one attached hydrogen (secondary N) is 1. The molecule has 2 aromatic carbocycles. The largest absolute Gasteiger partial charge is 0.493 e. The lowest BCUT2D eigenvalue weighted by Crippen LogP contribution is -2.37. The molecule has 2 heterocycles. The van der Waals surface area contributed by atoms with Crippen LogP contribution >= 0.6 is 11.6 Å². The number of nitrogens with zero attached hydrogens (tertiary/aromatic N) is 3. The first kappa shape index (κ1) is 24.8. The molecule has 1 fully saturated rings. The van der Waals surface area contributed by atoms with E-state index in [2.05, 4.69) is 26.8 Å². The fraction of sp³-hybridized carbons (Fsp3) is 0.269. The van der Waals surface area contributed by atoms with E-state index in [0.717, 1.165) is 39.3 Å². The average molecular weight is 497 g/mol. The Labute approximate surface area is 208 Å². The summed E-state index contributed by atoms with van der Waals surface area (Å²) in [5, 5.41) is 3.88. The number of allylic oxidation sites excluding steroid dienone is 2. The molecular formula is C26H26ClFN4O3. The number of carbonyl (C=O) groups excluding carboxylic acids is 1. The van der Waals surface area contributed by atoms with E-state index >= 15 is 0 Å². The van der Waals surface area contributed by atoms with Crippen molar-refractivity contribution in [2.45, 2.75) is 6.42 Å². The highest BCUT2D eigenvalue weighted by molar-refractivity contribution is 6.31. The predicted octanol–water partition coefficient (Wildman–Crippen LogP) is 5.04. The van der Waals surface area contributed by atoms with Gasteiger partial charge < -0.3 is 14.8 Å². The van der Waals surface area contributed by atoms with Gasteiger partial charge in [0.15, 0.2) is 5.78 Å². The summed E-state index contributed by atoms with van der Waals surface area (Å²) in [4.78, 5) is 22.9. The molecule has 1 aliphatic rings. The zero-order valence-electron chi connectivity index (χ0n) is 19.2. The van der Waals surface area contributed by atoms with Gasteiger partial charge in [0.25, 0.3) is 0 Å². The van der Waals surface area contributed by atoms with Gasteiger partial charge in [0.05, 0.1) is 30.4 Å². The first-order valence-electron chi connectivity index (χ1n) is 11.3. The van der Waals surface area contributed by atoms with Crippen molar-refractivity contribution in [3.05, 3.63) is 71.8 Å². The summed E-state index contributed by atoms with van der Waals surface area (Å²) in [5.41, 5.74) is 1.94. The van der Waals surface area contributed by atoms with Crippen LogP contribution in [-0.2, 0) is 9.53 Å². The molecule has 0 amide bonds. The maximum atomic E-state index is 13.6. The Balaban J connectivity index is 1.58. The number of fused-ring (bicyclic) bond motifs is 1. The Kier molecular flexibility index (Phi) is 8.41. The molecule has 0 aliphatic carbocycles. The summed E-state index contributed by atoms with van der Waals surface area (Å²) in [5.74, 6) is 0.412. The maximum absolute atomic E-state index is 13.6. The third-order valence-corrected chi connectivity index (χ3v) is 5.85. The van der Waals surface area contributed by atoms with Gasteiger partial charge in [-0.15, -0.1) is 0 Å². The van der Waals surface area contributed by atoms with Crippen molar-refractivity contribution in [2.24, 2.45) is 0 Å². The van der Waals surface area contributed by atoms with Gasteiger partial charge in [-0.3, -0.25) is 9.69 Å². The quantitative estimate of drug-likeness (QED) is 0.311. The number of rotatable bonds is 10. The minimum absolute atomic E-state index is 0.00712. The monoisotopic (exact) mass is 496 g/mol. The number of morpholine rings is 1. The molecule has 1 aliphatic heterocycles. The molecule has 1 N–H and O–H groups in total. The molecule has 7 nitrogen and oxygen atoms in total. The summed E-state index contributed by atoms with van der Waals surface area (Å²) < 4.78 is 25.0. The molecule has 4 rings (SSSR count). The van der Waals surface area contributed by atoms with Gasteiger partial charge in [-0.2, -0.15) is 0 Å². The van der Waals surface area contributed by atoms with Gasteiger partial charge in [-0.1, -0.05) is 18.2 Å². The molecule has 0 saturated carbocycles. The highest BCUT2D eigenvalue weighted by atomic mass is 35.5. The van der Waals surface area contributed by atoms with E-state index in [9.17, 15) is 9.18 Å². The van der Waals surface area contributed by atoms with Gasteiger partial charge in [0.2, 0.25) is 0 Å². The van der Waals surface area contributed by atoms with Crippen molar-refractivity contribution in [3.8, 4) is 5.75 Å². The topological polar surface area (TPSA) is 76.6 Å². The molecule has 0 unspecified atom stereocenters. The van der Waals surface area contributed by atoms with Crippen LogP contribution in [0.5, 0.6) is 5.75 Å². The SMILES string of the molecule is C=CC(=O)/C=C\c1cc2c(Nc3ccc(F)c(Cl)c3)ncnc2cc1OCCCN1CCOCC1. The highest BCUT2D eigenvalue weighted by Gasteiger charge is 2.13. The molecule has 35 heavy (non-hydrogen) atoms. The first-order chi connectivity index (χ1) is 17.0. The minimum atomic E-state index is -0.500. The summed E-state index contributed by atoms with van der Waals surface area (Å²) in [6.45, 7) is 8.34. The fourth-order valence-electron chi connectivity index (χ4n) is 3.70. The van der Waals surface area contributed by atoms with Gasteiger partial charge in [0, 0.05) is 42.3 Å². The predicted molar refractivity (Wildman–Crippen MR) is 136 cm³/mol. The normalized spacial score (nSPS) is 14.3. The van der Waals surface area contributed by atoms with Crippen molar-refractivity contribution in [1.82, 2.24) is 14.9 Å². The molecule has 0 atom stereocenters. The van der Waals surface area contributed by atoms with Crippen LogP contribution in [0.15, 0.2) is 55.4 Å². The average Bonchev–Trinajstić information content (AvgIpc) is 2.88. The number of carbonyl (C=O) groups is 1. The van der Waals surface area contributed by atoms with Crippen LogP contribution in [-0.4, -0.2) is 60.1 Å². The van der Waals surface area contributed by atoms with Crippen LogP contribution < -0.4 is 10.1 Å². The summed E-state index contributed by atoms with van der Waals surface area (Å²) in [6.07, 6.45) is 6.66. The van der Waals surface area contributed by atoms with Crippen LogP contribution in [0, 0.1) is 5.82 Å². The van der Waals surface area contributed by atoms with E-state index in [1.165, 1.54) is 30.6 Å². The lowest BCUT2D eigenvalue weighted by molar-refractivity contribution is -0.110. The van der Waals surface area contributed by atoms with E-state index in [4.69, 9.17) is 21.1 Å². The standard InChI is InChI=1S/C26H26ClFN4O3/c1-2-20(33)6-4-18-14-21-24(16-25(18)35-11-3-8-32-9-12-34-13-10-32)29-17-30-26(21)31-19-5-7-23(28)22(27)15-19/h2,4-7,14-17H,1,3,8-13H2,(H,29,30,31)/b6-4-. The Bertz CT molecular complexity index is 1240. The molecule has 0 radical (unpaired) electrons. The van der Waals surface area contributed by atoms with Crippen molar-refractivity contribution in [2.75, 3.05) is 44.8 Å². The molecule has 1 aromatic heterocycles. The number of ether oxygens (including phenoxy) is 2. The smallest absolute Gasteiger partial charge is 0.178 e. The maximum Gasteiger partial charge on any atom is 0.178 e. The highest BCUT2D eigenvalue weighted by Crippen LogP contribution is 2.31. The Morgan fingerprint density at radius 1 is 1.26 bits per heavy atom. The molecule has 9 heteroatoms. The number of hydrogen-bond donors (Lipinski definition) is 1. The van der Waals surface area contributed by atoms with Crippen LogP contribution in [0.2, 0.25) is 5.02 Å². The van der Waals surface area contributed by atoms with Crippen molar-refractivity contribution >= 4 is 45.9 Å². The second-order valence-electron chi connectivity index (χ2n) is 7.98. The summed E-state index contributed by atoms with van der Waals surface area (Å²) >= 11 is 5.92. The Morgan fingerprint density at radius 3 is 2.86 bits per heavy atom.